The average molecular weight is 240 g/mol. The molecule has 0 bridgehead atoms. The molecule has 2 rings (SSSR count). The molecule has 0 saturated carbocycles. The van der Waals surface area contributed by atoms with Crippen molar-refractivity contribution in [3.05, 3.63) is 29.6 Å². The molecule has 5 heteroatoms. The van der Waals surface area contributed by atoms with Crippen LogP contribution >= 0.6 is 0 Å². The van der Waals surface area contributed by atoms with Crippen LogP contribution in [0.4, 0.5) is 10.1 Å². The summed E-state index contributed by atoms with van der Waals surface area (Å²) in [5, 5.41) is 0. The third-order valence-electron chi connectivity index (χ3n) is 2.78. The zero-order chi connectivity index (χ0) is 12.1. The smallest absolute Gasteiger partial charge is 0.146 e. The summed E-state index contributed by atoms with van der Waals surface area (Å²) in [4.78, 5) is 6.74. The molecule has 0 amide bonds. The predicted octanol–water partition coefficient (Wildman–Crippen LogP) is 1.31. The lowest BCUT2D eigenvalue weighted by Crippen LogP contribution is -2.36. The Labute approximate surface area is 100 Å². The first-order valence-electron chi connectivity index (χ1n) is 5.68. The topological polar surface area (TPSA) is 33.7 Å². The Bertz CT molecular complexity index is 368. The van der Waals surface area contributed by atoms with E-state index in [1.807, 2.05) is 17.0 Å². The van der Waals surface area contributed by atoms with Crippen molar-refractivity contribution in [3.8, 4) is 0 Å². The number of morpholine rings is 1. The van der Waals surface area contributed by atoms with Crippen LogP contribution in [0.5, 0.6) is 0 Å². The minimum Gasteiger partial charge on any atom is -0.378 e. The van der Waals surface area contributed by atoms with Crippen molar-refractivity contribution in [1.29, 1.82) is 0 Å². The van der Waals surface area contributed by atoms with Crippen LogP contribution in [0.3, 0.4) is 0 Å². The van der Waals surface area contributed by atoms with Gasteiger partial charge in [0.05, 0.1) is 26.0 Å². The van der Waals surface area contributed by atoms with E-state index in [2.05, 4.69) is 5.48 Å². The van der Waals surface area contributed by atoms with E-state index in [1.54, 1.807) is 7.11 Å². The predicted molar refractivity (Wildman–Crippen MR) is 63.3 cm³/mol. The van der Waals surface area contributed by atoms with Gasteiger partial charge in [-0.25, -0.2) is 4.39 Å². The number of nitrogens with one attached hydrogen (secondary N) is 1. The minimum atomic E-state index is -0.192. The van der Waals surface area contributed by atoms with Crippen molar-refractivity contribution in [3.63, 3.8) is 0 Å². The van der Waals surface area contributed by atoms with Crippen molar-refractivity contribution in [2.75, 3.05) is 38.3 Å². The van der Waals surface area contributed by atoms with Gasteiger partial charge >= 0.3 is 0 Å². The maximum Gasteiger partial charge on any atom is 0.146 e. The standard InChI is InChI=1S/C12H17FN2O2/c1-16-14-9-10-2-3-12(11(13)8-10)15-4-6-17-7-5-15/h2-3,8,14H,4-7,9H2,1H3. The fraction of sp³-hybridized carbons (Fsp3) is 0.500. The van der Waals surface area contributed by atoms with Gasteiger partial charge in [0.1, 0.15) is 5.82 Å². The van der Waals surface area contributed by atoms with Gasteiger partial charge in [0.2, 0.25) is 0 Å². The number of hydrogen-bond acceptors (Lipinski definition) is 4. The quantitative estimate of drug-likeness (QED) is 0.805. The summed E-state index contributed by atoms with van der Waals surface area (Å²) in [5.74, 6) is -0.192. The summed E-state index contributed by atoms with van der Waals surface area (Å²) in [6, 6.07) is 5.25. The van der Waals surface area contributed by atoms with Crippen molar-refractivity contribution < 1.29 is 14.0 Å². The van der Waals surface area contributed by atoms with Gasteiger partial charge in [-0.3, -0.25) is 0 Å². The number of halogens is 1. The van der Waals surface area contributed by atoms with Gasteiger partial charge in [-0.2, -0.15) is 5.48 Å². The molecule has 0 radical (unpaired) electrons. The van der Waals surface area contributed by atoms with Gasteiger partial charge in [0.15, 0.2) is 0 Å². The summed E-state index contributed by atoms with van der Waals surface area (Å²) in [6.07, 6.45) is 0. The van der Waals surface area contributed by atoms with Crippen molar-refractivity contribution in [1.82, 2.24) is 5.48 Å². The summed E-state index contributed by atoms with van der Waals surface area (Å²) >= 11 is 0. The highest BCUT2D eigenvalue weighted by atomic mass is 19.1. The molecule has 1 N–H and O–H groups in total. The fourth-order valence-corrected chi connectivity index (χ4v) is 1.88. The normalized spacial score (nSPS) is 16.2. The Morgan fingerprint density at radius 3 is 2.82 bits per heavy atom. The van der Waals surface area contributed by atoms with Crippen LogP contribution in [0, 0.1) is 5.82 Å². The Kier molecular flexibility index (Phi) is 4.30. The lowest BCUT2D eigenvalue weighted by molar-refractivity contribution is 0.0866. The molecule has 1 aliphatic heterocycles. The van der Waals surface area contributed by atoms with E-state index < -0.39 is 0 Å². The number of benzene rings is 1. The van der Waals surface area contributed by atoms with Gasteiger partial charge in [-0.1, -0.05) is 6.07 Å². The molecule has 1 saturated heterocycles. The molecule has 0 aromatic heterocycles. The van der Waals surface area contributed by atoms with Gasteiger partial charge < -0.3 is 14.5 Å². The van der Waals surface area contributed by atoms with Crippen molar-refractivity contribution in [2.45, 2.75) is 6.54 Å². The molecule has 1 aromatic rings. The molecule has 1 aromatic carbocycles. The van der Waals surface area contributed by atoms with Crippen LogP contribution in [-0.4, -0.2) is 33.4 Å². The molecule has 1 fully saturated rings. The Morgan fingerprint density at radius 1 is 1.41 bits per heavy atom. The van der Waals surface area contributed by atoms with E-state index in [9.17, 15) is 4.39 Å². The second-order valence-corrected chi connectivity index (χ2v) is 3.91. The SMILES string of the molecule is CONCc1ccc(N2CCOCC2)c(F)c1. The van der Waals surface area contributed by atoms with Crippen LogP contribution in [-0.2, 0) is 16.1 Å². The van der Waals surface area contributed by atoms with E-state index in [-0.39, 0.29) is 5.82 Å². The van der Waals surface area contributed by atoms with E-state index in [0.717, 1.165) is 18.7 Å². The fourth-order valence-electron chi connectivity index (χ4n) is 1.88. The molecular weight excluding hydrogens is 223 g/mol. The first kappa shape index (κ1) is 12.3. The maximum atomic E-state index is 13.9. The third-order valence-corrected chi connectivity index (χ3v) is 2.78. The maximum absolute atomic E-state index is 13.9. The Morgan fingerprint density at radius 2 is 2.18 bits per heavy atom. The Hall–Kier alpha value is -1.17. The van der Waals surface area contributed by atoms with Crippen molar-refractivity contribution in [2.24, 2.45) is 0 Å². The lowest BCUT2D eigenvalue weighted by Gasteiger charge is -2.29. The highest BCUT2D eigenvalue weighted by molar-refractivity contribution is 5.49. The summed E-state index contributed by atoms with van der Waals surface area (Å²) < 4.78 is 19.2. The number of rotatable bonds is 4. The van der Waals surface area contributed by atoms with Crippen LogP contribution in [0.2, 0.25) is 0 Å². The van der Waals surface area contributed by atoms with Crippen LogP contribution < -0.4 is 10.4 Å². The largest absolute Gasteiger partial charge is 0.378 e. The molecule has 1 heterocycles. The molecule has 0 spiro atoms. The molecular formula is C12H17FN2O2. The molecule has 0 unspecified atom stereocenters. The first-order valence-corrected chi connectivity index (χ1v) is 5.68. The van der Waals surface area contributed by atoms with Gasteiger partial charge in [-0.15, -0.1) is 0 Å². The molecule has 17 heavy (non-hydrogen) atoms. The minimum absolute atomic E-state index is 0.192. The second kappa shape index (κ2) is 5.95. The van der Waals surface area contributed by atoms with Gasteiger partial charge in [0, 0.05) is 19.6 Å². The Balaban J connectivity index is 2.07. The lowest BCUT2D eigenvalue weighted by atomic mass is 10.2. The van der Waals surface area contributed by atoms with E-state index >= 15 is 0 Å². The summed E-state index contributed by atoms with van der Waals surface area (Å²) in [5.41, 5.74) is 4.20. The van der Waals surface area contributed by atoms with Crippen LogP contribution in [0.1, 0.15) is 5.56 Å². The van der Waals surface area contributed by atoms with Gasteiger partial charge in [-0.05, 0) is 17.7 Å². The highest BCUT2D eigenvalue weighted by Crippen LogP contribution is 2.21. The monoisotopic (exact) mass is 240 g/mol. The number of anilines is 1. The number of hydroxylamine groups is 1. The van der Waals surface area contributed by atoms with Crippen LogP contribution in [0.15, 0.2) is 18.2 Å². The van der Waals surface area contributed by atoms with E-state index in [0.29, 0.717) is 25.4 Å². The summed E-state index contributed by atoms with van der Waals surface area (Å²) in [6.45, 7) is 3.30. The number of hydrogen-bond donors (Lipinski definition) is 1. The summed E-state index contributed by atoms with van der Waals surface area (Å²) in [7, 11) is 1.54. The average Bonchev–Trinajstić information content (AvgIpc) is 2.37. The number of ether oxygens (including phenoxy) is 1. The molecule has 94 valence electrons. The molecule has 4 nitrogen and oxygen atoms in total. The molecule has 1 aliphatic rings. The number of nitrogens with zero attached hydrogens (tertiary/aromatic N) is 1. The highest BCUT2D eigenvalue weighted by Gasteiger charge is 2.15. The third kappa shape index (κ3) is 3.15. The zero-order valence-electron chi connectivity index (χ0n) is 9.91. The molecule has 0 aliphatic carbocycles. The van der Waals surface area contributed by atoms with Crippen molar-refractivity contribution >= 4 is 5.69 Å². The van der Waals surface area contributed by atoms with E-state index in [4.69, 9.17) is 9.57 Å². The zero-order valence-corrected chi connectivity index (χ0v) is 9.91. The molecule has 0 atom stereocenters. The first-order chi connectivity index (χ1) is 8.31. The van der Waals surface area contributed by atoms with Crippen LogP contribution in [0.25, 0.3) is 0 Å². The van der Waals surface area contributed by atoms with Gasteiger partial charge in [0.25, 0.3) is 0 Å². The second-order valence-electron chi connectivity index (χ2n) is 3.91. The van der Waals surface area contributed by atoms with E-state index in [1.165, 1.54) is 6.07 Å².